The van der Waals surface area contributed by atoms with E-state index in [1.807, 2.05) is 18.5 Å². The predicted molar refractivity (Wildman–Crippen MR) is 77.2 cm³/mol. The maximum atomic E-state index is 11.4. The molecule has 6 nitrogen and oxygen atoms in total. The molecule has 0 unspecified atom stereocenters. The van der Waals surface area contributed by atoms with E-state index in [2.05, 4.69) is 29.2 Å². The minimum atomic E-state index is -0.879. The van der Waals surface area contributed by atoms with Crippen molar-refractivity contribution in [3.63, 3.8) is 0 Å². The summed E-state index contributed by atoms with van der Waals surface area (Å²) in [6.45, 7) is 12.8. The molecule has 114 valence electrons. The monoisotopic (exact) mass is 282 g/mol. The SMILES string of the molecule is CC(C)Cn1ncnc1CNC(C)(C)C(C)(C)C(=O)O. The molecule has 0 aliphatic rings. The van der Waals surface area contributed by atoms with Crippen LogP contribution >= 0.6 is 0 Å². The Morgan fingerprint density at radius 2 is 2.00 bits per heavy atom. The zero-order valence-corrected chi connectivity index (χ0v) is 13.3. The molecular formula is C14H26N4O2. The third-order valence-corrected chi connectivity index (χ3v) is 4.02. The van der Waals surface area contributed by atoms with E-state index >= 15 is 0 Å². The normalized spacial score (nSPS) is 12.9. The second kappa shape index (κ2) is 5.91. The van der Waals surface area contributed by atoms with E-state index in [4.69, 9.17) is 0 Å². The van der Waals surface area contributed by atoms with Crippen LogP contribution in [-0.4, -0.2) is 31.4 Å². The van der Waals surface area contributed by atoms with E-state index in [1.54, 1.807) is 13.8 Å². The largest absolute Gasteiger partial charge is 0.481 e. The maximum absolute atomic E-state index is 11.4. The van der Waals surface area contributed by atoms with Crippen LogP contribution in [0.4, 0.5) is 0 Å². The van der Waals surface area contributed by atoms with Crippen LogP contribution in [0.15, 0.2) is 6.33 Å². The number of rotatable bonds is 7. The number of carbonyl (C=O) groups is 1. The molecular weight excluding hydrogens is 256 g/mol. The van der Waals surface area contributed by atoms with Crippen LogP contribution < -0.4 is 5.32 Å². The molecule has 1 heterocycles. The molecule has 0 aromatic carbocycles. The van der Waals surface area contributed by atoms with Crippen molar-refractivity contribution in [3.8, 4) is 0 Å². The van der Waals surface area contributed by atoms with E-state index in [0.717, 1.165) is 12.4 Å². The number of hydrogen-bond donors (Lipinski definition) is 2. The molecule has 0 aliphatic heterocycles. The summed E-state index contributed by atoms with van der Waals surface area (Å²) in [7, 11) is 0. The number of aromatic nitrogens is 3. The molecule has 0 amide bonds. The molecule has 1 rings (SSSR count). The van der Waals surface area contributed by atoms with Crippen molar-refractivity contribution >= 4 is 5.97 Å². The summed E-state index contributed by atoms with van der Waals surface area (Å²) < 4.78 is 1.86. The molecule has 0 bridgehead atoms. The second-order valence-electron chi connectivity index (χ2n) is 6.66. The number of hydrogen-bond acceptors (Lipinski definition) is 4. The molecule has 0 spiro atoms. The Bertz CT molecular complexity index is 463. The van der Waals surface area contributed by atoms with Crippen molar-refractivity contribution in [3.05, 3.63) is 12.2 Å². The summed E-state index contributed by atoms with van der Waals surface area (Å²) >= 11 is 0. The average Bonchev–Trinajstić information content (AvgIpc) is 2.72. The van der Waals surface area contributed by atoms with Crippen LogP contribution in [0.5, 0.6) is 0 Å². The van der Waals surface area contributed by atoms with Gasteiger partial charge in [0.2, 0.25) is 0 Å². The van der Waals surface area contributed by atoms with Crippen molar-refractivity contribution in [2.24, 2.45) is 11.3 Å². The first-order valence-electron chi connectivity index (χ1n) is 6.93. The van der Waals surface area contributed by atoms with Gasteiger partial charge in [0.1, 0.15) is 12.2 Å². The Kier molecular flexibility index (Phi) is 4.91. The predicted octanol–water partition coefficient (Wildman–Crippen LogP) is 1.91. The lowest BCUT2D eigenvalue weighted by atomic mass is 9.74. The first kappa shape index (κ1) is 16.6. The highest BCUT2D eigenvalue weighted by Crippen LogP contribution is 2.30. The highest BCUT2D eigenvalue weighted by molar-refractivity contribution is 5.75. The second-order valence-corrected chi connectivity index (χ2v) is 6.66. The number of carboxylic acids is 1. The van der Waals surface area contributed by atoms with Crippen LogP contribution in [0.1, 0.15) is 47.4 Å². The fourth-order valence-corrected chi connectivity index (χ4v) is 1.71. The minimum absolute atomic E-state index is 0.485. The van der Waals surface area contributed by atoms with Crippen molar-refractivity contribution < 1.29 is 9.90 Å². The molecule has 0 fully saturated rings. The molecule has 0 saturated carbocycles. The lowest BCUT2D eigenvalue weighted by molar-refractivity contribution is -0.151. The van der Waals surface area contributed by atoms with Crippen molar-refractivity contribution in [2.75, 3.05) is 0 Å². The summed E-state index contributed by atoms with van der Waals surface area (Å²) in [6.07, 6.45) is 1.54. The third-order valence-electron chi connectivity index (χ3n) is 4.02. The van der Waals surface area contributed by atoms with E-state index in [-0.39, 0.29) is 0 Å². The van der Waals surface area contributed by atoms with Crippen LogP contribution in [0.2, 0.25) is 0 Å². The van der Waals surface area contributed by atoms with Gasteiger partial charge in [0.25, 0.3) is 0 Å². The standard InChI is InChI=1S/C14H26N4O2/c1-10(2)8-18-11(15-9-17-18)7-16-14(5,6)13(3,4)12(19)20/h9-10,16H,7-8H2,1-6H3,(H,19,20). The van der Waals surface area contributed by atoms with Gasteiger partial charge in [-0.3, -0.25) is 4.79 Å². The minimum Gasteiger partial charge on any atom is -0.481 e. The van der Waals surface area contributed by atoms with E-state index in [0.29, 0.717) is 12.5 Å². The molecule has 2 N–H and O–H groups in total. The van der Waals surface area contributed by atoms with E-state index in [9.17, 15) is 9.90 Å². The molecule has 6 heteroatoms. The Morgan fingerprint density at radius 3 is 2.50 bits per heavy atom. The number of nitrogens with zero attached hydrogens (tertiary/aromatic N) is 3. The summed E-state index contributed by atoms with van der Waals surface area (Å²) in [5.74, 6) is 0.491. The molecule has 0 radical (unpaired) electrons. The Hall–Kier alpha value is -1.43. The average molecular weight is 282 g/mol. The highest BCUT2D eigenvalue weighted by Gasteiger charge is 2.43. The molecule has 0 aliphatic carbocycles. The zero-order valence-electron chi connectivity index (χ0n) is 13.3. The highest BCUT2D eigenvalue weighted by atomic mass is 16.4. The number of carboxylic acid groups (broad SMARTS) is 1. The molecule has 0 saturated heterocycles. The Morgan fingerprint density at radius 1 is 1.40 bits per heavy atom. The van der Waals surface area contributed by atoms with Gasteiger partial charge in [-0.1, -0.05) is 13.8 Å². The molecule has 1 aromatic rings. The smallest absolute Gasteiger partial charge is 0.310 e. The van der Waals surface area contributed by atoms with Crippen LogP contribution in [0.3, 0.4) is 0 Å². The van der Waals surface area contributed by atoms with Crippen LogP contribution in [-0.2, 0) is 17.9 Å². The lowest BCUT2D eigenvalue weighted by Gasteiger charge is -2.39. The quantitative estimate of drug-likeness (QED) is 0.798. The van der Waals surface area contributed by atoms with Gasteiger partial charge in [-0.25, -0.2) is 9.67 Å². The van der Waals surface area contributed by atoms with E-state index < -0.39 is 16.9 Å². The first-order chi connectivity index (χ1) is 9.08. The summed E-state index contributed by atoms with van der Waals surface area (Å²) in [5, 5.41) is 16.8. The van der Waals surface area contributed by atoms with Gasteiger partial charge < -0.3 is 10.4 Å². The van der Waals surface area contributed by atoms with Crippen molar-refractivity contribution in [1.82, 2.24) is 20.1 Å². The van der Waals surface area contributed by atoms with Gasteiger partial charge in [-0.05, 0) is 33.6 Å². The van der Waals surface area contributed by atoms with Crippen LogP contribution in [0, 0.1) is 11.3 Å². The molecule has 0 atom stereocenters. The van der Waals surface area contributed by atoms with Gasteiger partial charge in [0.15, 0.2) is 0 Å². The fraction of sp³-hybridized carbons (Fsp3) is 0.786. The molecule has 20 heavy (non-hydrogen) atoms. The van der Waals surface area contributed by atoms with Gasteiger partial charge in [-0.15, -0.1) is 0 Å². The Labute approximate surface area is 120 Å². The summed E-state index contributed by atoms with van der Waals surface area (Å²) in [4.78, 5) is 15.6. The summed E-state index contributed by atoms with van der Waals surface area (Å²) in [6, 6.07) is 0. The van der Waals surface area contributed by atoms with Crippen molar-refractivity contribution in [2.45, 2.75) is 60.2 Å². The van der Waals surface area contributed by atoms with E-state index in [1.165, 1.54) is 6.33 Å². The molecule has 1 aromatic heterocycles. The van der Waals surface area contributed by atoms with Gasteiger partial charge in [0.05, 0.1) is 12.0 Å². The topological polar surface area (TPSA) is 80.0 Å². The number of aliphatic carboxylic acids is 1. The number of nitrogens with one attached hydrogen (secondary N) is 1. The first-order valence-corrected chi connectivity index (χ1v) is 6.93. The fourth-order valence-electron chi connectivity index (χ4n) is 1.71. The van der Waals surface area contributed by atoms with Crippen molar-refractivity contribution in [1.29, 1.82) is 0 Å². The van der Waals surface area contributed by atoms with Gasteiger partial charge in [-0.2, -0.15) is 5.10 Å². The third kappa shape index (κ3) is 3.56. The summed E-state index contributed by atoms with van der Waals surface area (Å²) in [5.41, 5.74) is -1.44. The van der Waals surface area contributed by atoms with Crippen LogP contribution in [0.25, 0.3) is 0 Å². The maximum Gasteiger partial charge on any atom is 0.310 e. The zero-order chi connectivity index (χ0) is 15.6. The van der Waals surface area contributed by atoms with Gasteiger partial charge >= 0.3 is 5.97 Å². The van der Waals surface area contributed by atoms with Gasteiger partial charge in [0, 0.05) is 12.1 Å². The lowest BCUT2D eigenvalue weighted by Crippen LogP contribution is -2.54. The Balaban J connectivity index is 2.77.